The smallest absolute Gasteiger partial charge is 0.187 e. The van der Waals surface area contributed by atoms with E-state index in [1.165, 1.54) is 12.8 Å². The summed E-state index contributed by atoms with van der Waals surface area (Å²) in [6.07, 6.45) is 8.22. The molecule has 88 valence electrons. The van der Waals surface area contributed by atoms with Crippen LogP contribution in [0.5, 0.6) is 0 Å². The molecule has 1 saturated heterocycles. The lowest BCUT2D eigenvalue weighted by atomic mass is 10.3. The van der Waals surface area contributed by atoms with Crippen molar-refractivity contribution in [2.45, 2.75) is 18.0 Å². The van der Waals surface area contributed by atoms with Crippen molar-refractivity contribution in [3.05, 3.63) is 18.5 Å². The summed E-state index contributed by atoms with van der Waals surface area (Å²) < 4.78 is 0. The molecule has 3 heterocycles. The van der Waals surface area contributed by atoms with Crippen LogP contribution in [0.15, 0.2) is 23.6 Å². The first-order valence-corrected chi connectivity index (χ1v) is 7.01. The van der Waals surface area contributed by atoms with E-state index in [-0.39, 0.29) is 0 Å². The fourth-order valence-corrected chi connectivity index (χ4v) is 2.52. The summed E-state index contributed by atoms with van der Waals surface area (Å²) in [5, 5.41) is 1.88. The van der Waals surface area contributed by atoms with Gasteiger partial charge in [-0.2, -0.15) is 0 Å². The lowest BCUT2D eigenvalue weighted by Gasteiger charge is -2.17. The Morgan fingerprint density at radius 3 is 2.82 bits per heavy atom. The molecule has 1 fully saturated rings. The van der Waals surface area contributed by atoms with Crippen molar-refractivity contribution in [2.75, 3.05) is 24.2 Å². The van der Waals surface area contributed by atoms with Crippen LogP contribution in [0.25, 0.3) is 10.9 Å². The molecular formula is C12H14N4S. The van der Waals surface area contributed by atoms with Crippen LogP contribution in [0, 0.1) is 0 Å². The predicted molar refractivity (Wildman–Crippen MR) is 70.6 cm³/mol. The SMILES string of the molecule is CSc1ncc2ccnc(N3CCCC3)c2n1. The molecule has 1 aliphatic heterocycles. The molecule has 0 aliphatic carbocycles. The molecule has 0 amide bonds. The molecule has 2 aromatic heterocycles. The monoisotopic (exact) mass is 246 g/mol. The maximum atomic E-state index is 4.59. The second-order valence-electron chi connectivity index (χ2n) is 4.12. The Hall–Kier alpha value is -1.36. The zero-order chi connectivity index (χ0) is 11.7. The molecule has 0 radical (unpaired) electrons. The fraction of sp³-hybridized carbons (Fsp3) is 0.417. The van der Waals surface area contributed by atoms with Gasteiger partial charge in [0.1, 0.15) is 5.52 Å². The number of aromatic nitrogens is 3. The first kappa shape index (κ1) is 10.8. The highest BCUT2D eigenvalue weighted by Gasteiger charge is 2.17. The Bertz CT molecular complexity index is 537. The average Bonchev–Trinajstić information content (AvgIpc) is 2.91. The van der Waals surface area contributed by atoms with Gasteiger partial charge in [-0.15, -0.1) is 0 Å². The molecule has 0 N–H and O–H groups in total. The Labute approximate surface area is 104 Å². The van der Waals surface area contributed by atoms with E-state index < -0.39 is 0 Å². The van der Waals surface area contributed by atoms with Crippen molar-refractivity contribution in [1.82, 2.24) is 15.0 Å². The van der Waals surface area contributed by atoms with Crippen LogP contribution in [0.3, 0.4) is 0 Å². The van der Waals surface area contributed by atoms with Gasteiger partial charge in [0.2, 0.25) is 0 Å². The van der Waals surface area contributed by atoms with Gasteiger partial charge in [0, 0.05) is 30.9 Å². The summed E-state index contributed by atoms with van der Waals surface area (Å²) in [5.41, 5.74) is 0.980. The van der Waals surface area contributed by atoms with Crippen LogP contribution in [0.4, 0.5) is 5.82 Å². The zero-order valence-corrected chi connectivity index (χ0v) is 10.6. The van der Waals surface area contributed by atoms with Crippen molar-refractivity contribution >= 4 is 28.5 Å². The van der Waals surface area contributed by atoms with E-state index in [9.17, 15) is 0 Å². The zero-order valence-electron chi connectivity index (χ0n) is 9.76. The molecule has 1 aliphatic rings. The first-order chi connectivity index (χ1) is 8.38. The fourth-order valence-electron chi connectivity index (χ4n) is 2.18. The van der Waals surface area contributed by atoms with Crippen molar-refractivity contribution in [1.29, 1.82) is 0 Å². The normalized spacial score (nSPS) is 15.7. The Balaban J connectivity index is 2.15. The second-order valence-corrected chi connectivity index (χ2v) is 4.90. The van der Waals surface area contributed by atoms with Crippen LogP contribution >= 0.6 is 11.8 Å². The minimum absolute atomic E-state index is 0.811. The summed E-state index contributed by atoms with van der Waals surface area (Å²) >= 11 is 1.57. The van der Waals surface area contributed by atoms with Gasteiger partial charge >= 0.3 is 0 Å². The molecule has 0 atom stereocenters. The van der Waals surface area contributed by atoms with Crippen LogP contribution in [-0.4, -0.2) is 34.3 Å². The third-order valence-electron chi connectivity index (χ3n) is 3.05. The van der Waals surface area contributed by atoms with Crippen molar-refractivity contribution in [3.63, 3.8) is 0 Å². The average molecular weight is 246 g/mol. The number of hydrogen-bond donors (Lipinski definition) is 0. The minimum atomic E-state index is 0.811. The van der Waals surface area contributed by atoms with E-state index in [1.807, 2.05) is 24.7 Å². The molecule has 2 aromatic rings. The van der Waals surface area contributed by atoms with Gasteiger partial charge in [0.15, 0.2) is 11.0 Å². The quantitative estimate of drug-likeness (QED) is 0.601. The van der Waals surface area contributed by atoms with Gasteiger partial charge < -0.3 is 4.90 Å². The van der Waals surface area contributed by atoms with Gasteiger partial charge in [-0.3, -0.25) is 0 Å². The van der Waals surface area contributed by atoms with Gasteiger partial charge in [-0.05, 0) is 25.2 Å². The van der Waals surface area contributed by atoms with Gasteiger partial charge in [0.25, 0.3) is 0 Å². The molecule has 0 unspecified atom stereocenters. The second kappa shape index (κ2) is 4.49. The highest BCUT2D eigenvalue weighted by atomic mass is 32.2. The molecule has 4 nitrogen and oxygen atoms in total. The number of fused-ring (bicyclic) bond motifs is 1. The molecule has 5 heteroatoms. The lowest BCUT2D eigenvalue weighted by molar-refractivity contribution is 0.930. The van der Waals surface area contributed by atoms with Crippen LogP contribution < -0.4 is 4.90 Å². The van der Waals surface area contributed by atoms with Gasteiger partial charge in [0.05, 0.1) is 0 Å². The molecule has 17 heavy (non-hydrogen) atoms. The van der Waals surface area contributed by atoms with Crippen LogP contribution in [0.1, 0.15) is 12.8 Å². The first-order valence-electron chi connectivity index (χ1n) is 5.79. The maximum absolute atomic E-state index is 4.59. The molecule has 3 rings (SSSR count). The van der Waals surface area contributed by atoms with Gasteiger partial charge in [-0.25, -0.2) is 15.0 Å². The third kappa shape index (κ3) is 1.95. The molecular weight excluding hydrogens is 232 g/mol. The van der Waals surface area contributed by atoms with E-state index >= 15 is 0 Å². The summed E-state index contributed by atoms with van der Waals surface area (Å²) in [5.74, 6) is 1.01. The minimum Gasteiger partial charge on any atom is -0.355 e. The van der Waals surface area contributed by atoms with E-state index in [0.717, 1.165) is 35.0 Å². The topological polar surface area (TPSA) is 41.9 Å². The highest BCUT2D eigenvalue weighted by Crippen LogP contribution is 2.26. The Kier molecular flexibility index (Phi) is 2.84. The van der Waals surface area contributed by atoms with E-state index in [1.54, 1.807) is 11.8 Å². The highest BCUT2D eigenvalue weighted by molar-refractivity contribution is 7.98. The third-order valence-corrected chi connectivity index (χ3v) is 3.61. The van der Waals surface area contributed by atoms with Crippen molar-refractivity contribution in [3.8, 4) is 0 Å². The molecule has 0 aromatic carbocycles. The summed E-state index contributed by atoms with van der Waals surface area (Å²) in [7, 11) is 0. The van der Waals surface area contributed by atoms with E-state index in [2.05, 4.69) is 19.9 Å². The number of hydrogen-bond acceptors (Lipinski definition) is 5. The summed E-state index contributed by atoms with van der Waals surface area (Å²) in [6, 6.07) is 1.97. The van der Waals surface area contributed by atoms with Gasteiger partial charge in [-0.1, -0.05) is 11.8 Å². The Morgan fingerprint density at radius 2 is 2.06 bits per heavy atom. The lowest BCUT2D eigenvalue weighted by Crippen LogP contribution is -2.19. The number of thioether (sulfide) groups is 1. The summed E-state index contributed by atoms with van der Waals surface area (Å²) in [6.45, 7) is 2.18. The van der Waals surface area contributed by atoms with Crippen LogP contribution in [-0.2, 0) is 0 Å². The number of rotatable bonds is 2. The van der Waals surface area contributed by atoms with E-state index in [4.69, 9.17) is 0 Å². The molecule has 0 saturated carbocycles. The standard InChI is InChI=1S/C12H14N4S/c1-17-12-14-8-9-4-5-13-11(10(9)15-12)16-6-2-3-7-16/h4-5,8H,2-3,6-7H2,1H3. The molecule has 0 spiro atoms. The van der Waals surface area contributed by atoms with Crippen LogP contribution in [0.2, 0.25) is 0 Å². The van der Waals surface area contributed by atoms with Crippen molar-refractivity contribution < 1.29 is 0 Å². The maximum Gasteiger partial charge on any atom is 0.187 e. The van der Waals surface area contributed by atoms with E-state index in [0.29, 0.717) is 0 Å². The Morgan fingerprint density at radius 1 is 1.24 bits per heavy atom. The number of pyridine rings is 1. The summed E-state index contributed by atoms with van der Waals surface area (Å²) in [4.78, 5) is 15.7. The molecule has 0 bridgehead atoms. The number of anilines is 1. The predicted octanol–water partition coefficient (Wildman–Crippen LogP) is 2.35. The largest absolute Gasteiger partial charge is 0.355 e. The number of nitrogens with zero attached hydrogens (tertiary/aromatic N) is 4. The van der Waals surface area contributed by atoms with Crippen molar-refractivity contribution in [2.24, 2.45) is 0 Å².